The zero-order valence-corrected chi connectivity index (χ0v) is 14.1. The van der Waals surface area contributed by atoms with E-state index in [4.69, 9.17) is 0 Å². The molecule has 1 aliphatic rings. The summed E-state index contributed by atoms with van der Waals surface area (Å²) < 4.78 is 0. The van der Waals surface area contributed by atoms with E-state index in [1.165, 1.54) is 32.1 Å². The number of para-hydroxylation sites is 1. The molecule has 0 radical (unpaired) electrons. The first kappa shape index (κ1) is 16.1. The summed E-state index contributed by atoms with van der Waals surface area (Å²) in [5.41, 5.74) is 3.10. The fourth-order valence-corrected chi connectivity index (χ4v) is 4.20. The van der Waals surface area contributed by atoms with E-state index in [9.17, 15) is 4.79 Å². The maximum atomic E-state index is 12.3. The lowest BCUT2D eigenvalue weighted by atomic mass is 10.0. The summed E-state index contributed by atoms with van der Waals surface area (Å²) in [5.74, 6) is 0.650. The number of hydrogen-bond acceptors (Lipinski definition) is 2. The molecule has 0 aromatic heterocycles. The minimum atomic E-state index is 0.101. The third-order valence-corrected chi connectivity index (χ3v) is 5.66. The smallest absolute Gasteiger partial charge is 0.234 e. The molecule has 1 saturated carbocycles. The van der Waals surface area contributed by atoms with Gasteiger partial charge in [0.2, 0.25) is 5.91 Å². The normalized spacial score (nSPS) is 15.3. The van der Waals surface area contributed by atoms with Crippen molar-refractivity contribution in [3.63, 3.8) is 0 Å². The highest BCUT2D eigenvalue weighted by atomic mass is 32.2. The van der Waals surface area contributed by atoms with E-state index >= 15 is 0 Å². The van der Waals surface area contributed by atoms with Crippen molar-refractivity contribution in [2.24, 2.45) is 0 Å². The van der Waals surface area contributed by atoms with Gasteiger partial charge in [-0.3, -0.25) is 4.79 Å². The Bertz CT molecular complexity index is 635. The van der Waals surface area contributed by atoms with Gasteiger partial charge >= 0.3 is 0 Å². The molecule has 3 rings (SSSR count). The third-order valence-electron chi connectivity index (χ3n) is 4.29. The second-order valence-electron chi connectivity index (χ2n) is 6.03. The molecule has 23 heavy (non-hydrogen) atoms. The van der Waals surface area contributed by atoms with Crippen LogP contribution in [0.25, 0.3) is 11.1 Å². The summed E-state index contributed by atoms with van der Waals surface area (Å²) >= 11 is 1.81. The van der Waals surface area contributed by atoms with E-state index in [1.54, 1.807) is 0 Å². The predicted molar refractivity (Wildman–Crippen MR) is 99.8 cm³/mol. The molecule has 0 aliphatic heterocycles. The van der Waals surface area contributed by atoms with E-state index in [-0.39, 0.29) is 5.91 Å². The molecule has 1 amide bonds. The van der Waals surface area contributed by atoms with Crippen molar-refractivity contribution in [2.45, 2.75) is 37.4 Å². The van der Waals surface area contributed by atoms with Gasteiger partial charge in [0.15, 0.2) is 0 Å². The maximum Gasteiger partial charge on any atom is 0.234 e. The highest BCUT2D eigenvalue weighted by Crippen LogP contribution is 2.30. The van der Waals surface area contributed by atoms with Crippen molar-refractivity contribution in [2.75, 3.05) is 11.1 Å². The Hall–Kier alpha value is -1.74. The maximum absolute atomic E-state index is 12.3. The lowest BCUT2D eigenvalue weighted by Gasteiger charge is -2.20. The fourth-order valence-electron chi connectivity index (χ4n) is 3.07. The summed E-state index contributed by atoms with van der Waals surface area (Å²) in [6.45, 7) is 0. The molecule has 0 saturated heterocycles. The number of amides is 1. The number of carbonyl (C=O) groups is 1. The van der Waals surface area contributed by atoms with Crippen LogP contribution in [0.4, 0.5) is 5.69 Å². The molecule has 3 heteroatoms. The molecular formula is C20H23NOS. The van der Waals surface area contributed by atoms with Crippen molar-refractivity contribution in [3.8, 4) is 11.1 Å². The highest BCUT2D eigenvalue weighted by molar-refractivity contribution is 8.00. The van der Waals surface area contributed by atoms with Crippen LogP contribution in [0.1, 0.15) is 32.1 Å². The number of anilines is 1. The Morgan fingerprint density at radius 3 is 2.43 bits per heavy atom. The Kier molecular flexibility index (Phi) is 5.76. The van der Waals surface area contributed by atoms with Crippen LogP contribution in [0, 0.1) is 0 Å². The summed E-state index contributed by atoms with van der Waals surface area (Å²) in [4.78, 5) is 12.3. The minimum absolute atomic E-state index is 0.101. The monoisotopic (exact) mass is 325 g/mol. The molecule has 2 aromatic carbocycles. The van der Waals surface area contributed by atoms with Crippen molar-refractivity contribution < 1.29 is 4.79 Å². The molecular weight excluding hydrogens is 302 g/mol. The van der Waals surface area contributed by atoms with Crippen LogP contribution in [-0.2, 0) is 4.79 Å². The zero-order chi connectivity index (χ0) is 15.9. The first-order chi connectivity index (χ1) is 11.3. The Morgan fingerprint density at radius 2 is 1.65 bits per heavy atom. The van der Waals surface area contributed by atoms with E-state index in [1.807, 2.05) is 48.2 Å². The van der Waals surface area contributed by atoms with Crippen LogP contribution in [0.3, 0.4) is 0 Å². The summed E-state index contributed by atoms with van der Waals surface area (Å²) in [6, 6.07) is 18.2. The van der Waals surface area contributed by atoms with Gasteiger partial charge in [0.25, 0.3) is 0 Å². The van der Waals surface area contributed by atoms with Gasteiger partial charge in [-0.2, -0.15) is 0 Å². The molecule has 0 heterocycles. The molecule has 0 unspecified atom stereocenters. The second-order valence-corrected chi connectivity index (χ2v) is 7.32. The lowest BCUT2D eigenvalue weighted by molar-refractivity contribution is -0.113. The van der Waals surface area contributed by atoms with E-state index < -0.39 is 0 Å². The SMILES string of the molecule is O=C(CSC1CCCCC1)Nc1ccccc1-c1ccccc1. The van der Waals surface area contributed by atoms with Crippen LogP contribution >= 0.6 is 11.8 Å². The molecule has 1 N–H and O–H groups in total. The summed E-state index contributed by atoms with van der Waals surface area (Å²) in [6.07, 6.45) is 6.51. The molecule has 120 valence electrons. The van der Waals surface area contributed by atoms with Crippen LogP contribution in [-0.4, -0.2) is 16.9 Å². The van der Waals surface area contributed by atoms with Crippen molar-refractivity contribution in [3.05, 3.63) is 54.6 Å². The lowest BCUT2D eigenvalue weighted by Crippen LogP contribution is -2.18. The fraction of sp³-hybridized carbons (Fsp3) is 0.350. The average molecular weight is 325 g/mol. The van der Waals surface area contributed by atoms with Gasteiger partial charge in [-0.25, -0.2) is 0 Å². The van der Waals surface area contributed by atoms with E-state index in [0.29, 0.717) is 11.0 Å². The molecule has 0 bridgehead atoms. The van der Waals surface area contributed by atoms with Gasteiger partial charge in [0.05, 0.1) is 5.75 Å². The topological polar surface area (TPSA) is 29.1 Å². The van der Waals surface area contributed by atoms with Gasteiger partial charge in [-0.05, 0) is 24.5 Å². The predicted octanol–water partition coefficient (Wildman–Crippen LogP) is 5.36. The zero-order valence-electron chi connectivity index (χ0n) is 13.3. The first-order valence-corrected chi connectivity index (χ1v) is 9.44. The molecule has 0 spiro atoms. The largest absolute Gasteiger partial charge is 0.325 e. The van der Waals surface area contributed by atoms with Crippen LogP contribution in [0.2, 0.25) is 0 Å². The standard InChI is InChI=1S/C20H23NOS/c22-20(15-23-17-11-5-2-6-12-17)21-19-14-8-7-13-18(19)16-9-3-1-4-10-16/h1,3-4,7-10,13-14,17H,2,5-6,11-12,15H2,(H,21,22). The van der Waals surface area contributed by atoms with Crippen LogP contribution in [0.5, 0.6) is 0 Å². The Labute approximate surface area is 142 Å². The van der Waals surface area contributed by atoms with Gasteiger partial charge in [0, 0.05) is 16.5 Å². The molecule has 1 aliphatic carbocycles. The number of rotatable bonds is 5. The van der Waals surface area contributed by atoms with Crippen molar-refractivity contribution in [1.82, 2.24) is 0 Å². The van der Waals surface area contributed by atoms with Gasteiger partial charge in [-0.15, -0.1) is 11.8 Å². The van der Waals surface area contributed by atoms with Crippen LogP contribution in [0.15, 0.2) is 54.6 Å². The van der Waals surface area contributed by atoms with Gasteiger partial charge in [-0.1, -0.05) is 67.8 Å². The third kappa shape index (κ3) is 4.61. The number of thioether (sulfide) groups is 1. The first-order valence-electron chi connectivity index (χ1n) is 8.39. The Balaban J connectivity index is 1.62. The number of hydrogen-bond donors (Lipinski definition) is 1. The minimum Gasteiger partial charge on any atom is -0.325 e. The van der Waals surface area contributed by atoms with Crippen molar-refractivity contribution in [1.29, 1.82) is 0 Å². The number of carbonyl (C=O) groups excluding carboxylic acids is 1. The summed E-state index contributed by atoms with van der Waals surface area (Å²) in [7, 11) is 0. The van der Waals surface area contributed by atoms with Gasteiger partial charge in [0.1, 0.15) is 0 Å². The second kappa shape index (κ2) is 8.21. The number of nitrogens with one attached hydrogen (secondary N) is 1. The Morgan fingerprint density at radius 1 is 0.957 bits per heavy atom. The molecule has 1 fully saturated rings. The quantitative estimate of drug-likeness (QED) is 0.802. The molecule has 0 atom stereocenters. The van der Waals surface area contributed by atoms with E-state index in [0.717, 1.165) is 16.8 Å². The summed E-state index contributed by atoms with van der Waals surface area (Å²) in [5, 5.41) is 3.75. The van der Waals surface area contributed by atoms with Crippen LogP contribution < -0.4 is 5.32 Å². The molecule has 2 aromatic rings. The highest BCUT2D eigenvalue weighted by Gasteiger charge is 2.16. The molecule has 2 nitrogen and oxygen atoms in total. The van der Waals surface area contributed by atoms with Crippen molar-refractivity contribution >= 4 is 23.4 Å². The average Bonchev–Trinajstić information content (AvgIpc) is 2.62. The van der Waals surface area contributed by atoms with Gasteiger partial charge < -0.3 is 5.32 Å². The van der Waals surface area contributed by atoms with E-state index in [2.05, 4.69) is 23.5 Å². The number of benzene rings is 2.